The van der Waals surface area contributed by atoms with Crippen molar-refractivity contribution in [2.45, 2.75) is 86.9 Å². The third-order valence-corrected chi connectivity index (χ3v) is 6.42. The van der Waals surface area contributed by atoms with Gasteiger partial charge in [-0.15, -0.1) is 0 Å². The molecule has 0 aromatic heterocycles. The smallest absolute Gasteiger partial charge is 0.114 e. The van der Waals surface area contributed by atoms with E-state index in [0.29, 0.717) is 12.8 Å². The van der Waals surface area contributed by atoms with E-state index in [1.807, 2.05) is 43.4 Å². The van der Waals surface area contributed by atoms with E-state index < -0.39 is 30.5 Å². The fraction of sp³-hybridized carbons (Fsp3) is 0.667. The molecule has 0 bridgehead atoms. The van der Waals surface area contributed by atoms with Crippen LogP contribution in [0.1, 0.15) is 19.8 Å². The fourth-order valence-corrected chi connectivity index (χ4v) is 4.80. The molecule has 32 heavy (non-hydrogen) atoms. The summed E-state index contributed by atoms with van der Waals surface area (Å²) in [7, 11) is 1.65. The summed E-state index contributed by atoms with van der Waals surface area (Å²) in [5, 5.41) is 29.8. The third-order valence-electron chi connectivity index (χ3n) is 6.42. The van der Waals surface area contributed by atoms with Gasteiger partial charge in [0, 0.05) is 13.5 Å². The van der Waals surface area contributed by atoms with Crippen LogP contribution in [-0.4, -0.2) is 96.2 Å². The highest BCUT2D eigenvalue weighted by atomic mass is 16.6. The molecule has 8 heteroatoms. The van der Waals surface area contributed by atoms with Crippen LogP contribution in [0.3, 0.4) is 0 Å². The minimum atomic E-state index is -0.953. The molecule has 4 heterocycles. The normalized spacial score (nSPS) is 45.2. The number of hydrogen-bond acceptors (Lipinski definition) is 8. The van der Waals surface area contributed by atoms with Crippen LogP contribution in [0.4, 0.5) is 0 Å². The molecule has 2 fully saturated rings. The molecular formula is C24H34O8. The van der Waals surface area contributed by atoms with Crippen LogP contribution in [0.25, 0.3) is 0 Å². The summed E-state index contributed by atoms with van der Waals surface area (Å²) < 4.78 is 30.6. The standard InChI is InChI=1S/C24H34O8/c1-3-5-17-16(28-2)10-11-18-20(30-17)12-21-24(32-18)22(27)23-19(31-21)7-4-6-15(29-23)9-8-14(26)13-25/h3-6,8-11,14-27H,7,12-13H2,1-2H3/b5-3-,9-8+/t14-,15+,16-,17+,18+,19-,20-,21+,22+,23-,24+/m0/s1. The Bertz CT molecular complexity index is 734. The summed E-state index contributed by atoms with van der Waals surface area (Å²) in [6, 6.07) is 0. The molecule has 0 radical (unpaired) electrons. The van der Waals surface area contributed by atoms with Crippen molar-refractivity contribution in [2.75, 3.05) is 13.7 Å². The zero-order chi connectivity index (χ0) is 22.7. The summed E-state index contributed by atoms with van der Waals surface area (Å²) in [4.78, 5) is 0. The van der Waals surface area contributed by atoms with E-state index in [9.17, 15) is 10.2 Å². The quantitative estimate of drug-likeness (QED) is 0.529. The van der Waals surface area contributed by atoms with Crippen LogP contribution in [0.5, 0.6) is 0 Å². The van der Waals surface area contributed by atoms with E-state index in [0.717, 1.165) is 0 Å². The van der Waals surface area contributed by atoms with Crippen LogP contribution in [-0.2, 0) is 23.7 Å². The van der Waals surface area contributed by atoms with Gasteiger partial charge in [-0.1, -0.05) is 48.6 Å². The number of ether oxygens (including phenoxy) is 5. The van der Waals surface area contributed by atoms with Gasteiger partial charge in [0.15, 0.2) is 0 Å². The maximum Gasteiger partial charge on any atom is 0.114 e. The molecule has 3 N–H and O–H groups in total. The maximum atomic E-state index is 11.2. The first kappa shape index (κ1) is 23.8. The second kappa shape index (κ2) is 10.7. The Morgan fingerprint density at radius 1 is 1.03 bits per heavy atom. The van der Waals surface area contributed by atoms with Crippen molar-refractivity contribution >= 4 is 0 Å². The van der Waals surface area contributed by atoms with E-state index in [1.54, 1.807) is 13.2 Å². The highest BCUT2D eigenvalue weighted by Gasteiger charge is 2.52. The molecule has 8 nitrogen and oxygen atoms in total. The van der Waals surface area contributed by atoms with Crippen molar-refractivity contribution in [1.82, 2.24) is 0 Å². The van der Waals surface area contributed by atoms with Crippen molar-refractivity contribution in [2.24, 2.45) is 0 Å². The molecule has 0 aliphatic carbocycles. The van der Waals surface area contributed by atoms with Crippen molar-refractivity contribution in [3.63, 3.8) is 0 Å². The van der Waals surface area contributed by atoms with E-state index in [1.165, 1.54) is 6.08 Å². The summed E-state index contributed by atoms with van der Waals surface area (Å²) in [5.74, 6) is 0. The first-order chi connectivity index (χ1) is 15.5. The number of aliphatic hydroxyl groups excluding tert-OH is 3. The van der Waals surface area contributed by atoms with Crippen molar-refractivity contribution in [1.29, 1.82) is 0 Å². The van der Waals surface area contributed by atoms with Crippen molar-refractivity contribution in [3.05, 3.63) is 48.6 Å². The van der Waals surface area contributed by atoms with Gasteiger partial charge < -0.3 is 39.0 Å². The van der Waals surface area contributed by atoms with E-state index in [4.69, 9.17) is 28.8 Å². The van der Waals surface area contributed by atoms with Crippen molar-refractivity contribution in [3.8, 4) is 0 Å². The average Bonchev–Trinajstić information content (AvgIpc) is 3.10. The minimum Gasteiger partial charge on any atom is -0.393 e. The van der Waals surface area contributed by atoms with Crippen LogP contribution in [0.15, 0.2) is 48.6 Å². The van der Waals surface area contributed by atoms with Crippen LogP contribution < -0.4 is 0 Å². The van der Waals surface area contributed by atoms with Gasteiger partial charge in [-0.3, -0.25) is 0 Å². The van der Waals surface area contributed by atoms with Crippen molar-refractivity contribution < 1.29 is 39.0 Å². The van der Waals surface area contributed by atoms with Gasteiger partial charge in [0.2, 0.25) is 0 Å². The molecular weight excluding hydrogens is 416 g/mol. The Morgan fingerprint density at radius 3 is 2.59 bits per heavy atom. The SMILES string of the molecule is C/C=C\[C@H]1O[C@H]2C[C@H]3O[C@H]4CC=C[C@H](/C=C/[C@H](O)CO)O[C@@H]4[C@@H](O)[C@@H]3O[C@@H]2C=C[C@@H]1OC. The number of methoxy groups -OCH3 is 1. The monoisotopic (exact) mass is 450 g/mol. The van der Waals surface area contributed by atoms with E-state index >= 15 is 0 Å². The molecule has 0 unspecified atom stereocenters. The second-order valence-electron chi connectivity index (χ2n) is 8.62. The summed E-state index contributed by atoms with van der Waals surface area (Å²) in [5.41, 5.74) is 0. The third kappa shape index (κ3) is 5.08. The molecule has 0 aromatic rings. The second-order valence-corrected chi connectivity index (χ2v) is 8.62. The molecule has 4 aliphatic heterocycles. The molecule has 0 amide bonds. The Hall–Kier alpha value is -1.36. The maximum absolute atomic E-state index is 11.2. The predicted octanol–water partition coefficient (Wildman–Crippen LogP) is 0.810. The van der Waals surface area contributed by atoms with Gasteiger partial charge in [0.25, 0.3) is 0 Å². The lowest BCUT2D eigenvalue weighted by molar-refractivity contribution is -0.287. The lowest BCUT2D eigenvalue weighted by atomic mass is 9.87. The Labute approximate surface area is 188 Å². The molecule has 0 aromatic carbocycles. The molecule has 11 atom stereocenters. The Morgan fingerprint density at radius 2 is 1.84 bits per heavy atom. The number of fused-ring (bicyclic) bond motifs is 3. The van der Waals surface area contributed by atoms with E-state index in [-0.39, 0.29) is 43.2 Å². The van der Waals surface area contributed by atoms with Gasteiger partial charge in [0.05, 0.1) is 37.1 Å². The summed E-state index contributed by atoms with van der Waals surface area (Å²) in [6.07, 6.45) is 11.0. The van der Waals surface area contributed by atoms with E-state index in [2.05, 4.69) is 0 Å². The van der Waals surface area contributed by atoms with Gasteiger partial charge >= 0.3 is 0 Å². The molecule has 4 aliphatic rings. The topological polar surface area (TPSA) is 107 Å². The first-order valence-electron chi connectivity index (χ1n) is 11.3. The Balaban J connectivity index is 1.48. The van der Waals surface area contributed by atoms with Crippen LogP contribution >= 0.6 is 0 Å². The van der Waals surface area contributed by atoms with Gasteiger partial charge in [0.1, 0.15) is 36.6 Å². The highest BCUT2D eigenvalue weighted by molar-refractivity contribution is 5.14. The molecule has 4 rings (SSSR count). The number of aliphatic hydroxyl groups is 3. The molecule has 2 saturated heterocycles. The van der Waals surface area contributed by atoms with Gasteiger partial charge in [-0.05, 0) is 13.3 Å². The predicted molar refractivity (Wildman–Crippen MR) is 116 cm³/mol. The fourth-order valence-electron chi connectivity index (χ4n) is 4.80. The van der Waals surface area contributed by atoms with Crippen LogP contribution in [0.2, 0.25) is 0 Å². The summed E-state index contributed by atoms with van der Waals surface area (Å²) in [6.45, 7) is 1.59. The number of allylic oxidation sites excluding steroid dienone is 1. The van der Waals surface area contributed by atoms with Gasteiger partial charge in [-0.2, -0.15) is 0 Å². The first-order valence-corrected chi connectivity index (χ1v) is 11.3. The zero-order valence-corrected chi connectivity index (χ0v) is 18.5. The molecule has 0 saturated carbocycles. The lowest BCUT2D eigenvalue weighted by Gasteiger charge is -2.49. The van der Waals surface area contributed by atoms with Crippen LogP contribution in [0, 0.1) is 0 Å². The Kier molecular flexibility index (Phi) is 7.96. The highest BCUT2D eigenvalue weighted by Crippen LogP contribution is 2.38. The average molecular weight is 451 g/mol. The van der Waals surface area contributed by atoms with Gasteiger partial charge in [-0.25, -0.2) is 0 Å². The largest absolute Gasteiger partial charge is 0.393 e. The summed E-state index contributed by atoms with van der Waals surface area (Å²) >= 11 is 0. The minimum absolute atomic E-state index is 0.213. The molecule has 0 spiro atoms. The zero-order valence-electron chi connectivity index (χ0n) is 18.5. The number of rotatable bonds is 5. The lowest BCUT2D eigenvalue weighted by Crippen LogP contribution is -2.63. The number of hydrogen-bond donors (Lipinski definition) is 3. The molecule has 178 valence electrons.